The van der Waals surface area contributed by atoms with E-state index >= 15 is 0 Å². The van der Waals surface area contributed by atoms with Crippen LogP contribution in [0.4, 0.5) is 0 Å². The van der Waals surface area contributed by atoms with Crippen LogP contribution in [0.25, 0.3) is 17.1 Å². The van der Waals surface area contributed by atoms with Crippen LogP contribution in [0.2, 0.25) is 15.1 Å². The predicted molar refractivity (Wildman–Crippen MR) is 123 cm³/mol. The fraction of sp³-hybridized carbons (Fsp3) is 0.348. The van der Waals surface area contributed by atoms with Crippen LogP contribution < -0.4 is 0 Å². The Morgan fingerprint density at radius 1 is 1.03 bits per heavy atom. The Morgan fingerprint density at radius 3 is 2.38 bits per heavy atom. The molecule has 1 atom stereocenters. The standard InChI is InChI=1S/C23H25Cl3N2O/c1-5-6-11-23(4,29)21-15(3)28(17-8-10-19(25)14(2)12-17)22(27-21)18-9-7-16(24)13-20(18)26/h7-10,12-13,29H,5-6,11H2,1-4H3. The second kappa shape index (κ2) is 8.69. The second-order valence-electron chi connectivity index (χ2n) is 7.64. The van der Waals surface area contributed by atoms with Crippen molar-refractivity contribution in [1.82, 2.24) is 9.55 Å². The SMILES string of the molecule is CCCCC(C)(O)c1nc(-c2ccc(Cl)cc2Cl)n(-c2ccc(Cl)c(C)c2)c1C. The summed E-state index contributed by atoms with van der Waals surface area (Å²) in [6.45, 7) is 7.87. The quantitative estimate of drug-likeness (QED) is 0.421. The largest absolute Gasteiger partial charge is 0.384 e. The minimum atomic E-state index is -1.04. The van der Waals surface area contributed by atoms with Gasteiger partial charge < -0.3 is 5.11 Å². The van der Waals surface area contributed by atoms with Crippen molar-refractivity contribution in [3.63, 3.8) is 0 Å². The molecule has 3 rings (SSSR count). The predicted octanol–water partition coefficient (Wildman–Crippen LogP) is 7.51. The number of unbranched alkanes of at least 4 members (excludes halogenated alkanes) is 1. The molecule has 0 amide bonds. The maximum atomic E-state index is 11.2. The number of aliphatic hydroxyl groups is 1. The Morgan fingerprint density at radius 2 is 1.76 bits per heavy atom. The number of benzene rings is 2. The summed E-state index contributed by atoms with van der Waals surface area (Å²) < 4.78 is 2.02. The van der Waals surface area contributed by atoms with Crippen LogP contribution in [0.1, 0.15) is 50.1 Å². The van der Waals surface area contributed by atoms with E-state index in [4.69, 9.17) is 39.8 Å². The minimum Gasteiger partial charge on any atom is -0.384 e. The van der Waals surface area contributed by atoms with Crippen molar-refractivity contribution >= 4 is 34.8 Å². The lowest BCUT2D eigenvalue weighted by Gasteiger charge is -2.22. The monoisotopic (exact) mass is 450 g/mol. The van der Waals surface area contributed by atoms with E-state index in [-0.39, 0.29) is 0 Å². The summed E-state index contributed by atoms with van der Waals surface area (Å²) in [5.41, 5.74) is 3.11. The molecule has 1 heterocycles. The molecule has 0 saturated heterocycles. The molecule has 3 aromatic rings. The fourth-order valence-corrected chi connectivity index (χ4v) is 4.20. The number of rotatable bonds is 6. The van der Waals surface area contributed by atoms with Crippen LogP contribution in [0.5, 0.6) is 0 Å². The van der Waals surface area contributed by atoms with Crippen LogP contribution in [-0.4, -0.2) is 14.7 Å². The van der Waals surface area contributed by atoms with Crippen molar-refractivity contribution in [1.29, 1.82) is 0 Å². The van der Waals surface area contributed by atoms with Gasteiger partial charge in [0.05, 0.1) is 10.7 Å². The summed E-state index contributed by atoms with van der Waals surface area (Å²) in [5, 5.41) is 13.0. The zero-order valence-electron chi connectivity index (χ0n) is 17.1. The van der Waals surface area contributed by atoms with Crippen molar-refractivity contribution < 1.29 is 5.11 Å². The Hall–Kier alpha value is -1.52. The average Bonchev–Trinajstić information content (AvgIpc) is 3.00. The van der Waals surface area contributed by atoms with E-state index in [2.05, 4.69) is 6.92 Å². The number of aromatic nitrogens is 2. The van der Waals surface area contributed by atoms with Crippen LogP contribution in [0, 0.1) is 13.8 Å². The zero-order valence-corrected chi connectivity index (χ0v) is 19.3. The molecule has 1 unspecified atom stereocenters. The molecule has 3 nitrogen and oxygen atoms in total. The highest BCUT2D eigenvalue weighted by Gasteiger charge is 2.31. The van der Waals surface area contributed by atoms with Gasteiger partial charge in [-0.2, -0.15) is 0 Å². The molecule has 1 N–H and O–H groups in total. The Kier molecular flexibility index (Phi) is 6.64. The third kappa shape index (κ3) is 4.49. The number of aryl methyl sites for hydroxylation is 1. The summed E-state index contributed by atoms with van der Waals surface area (Å²) in [6, 6.07) is 11.2. The third-order valence-electron chi connectivity index (χ3n) is 5.21. The molecule has 1 aromatic heterocycles. The van der Waals surface area contributed by atoms with Gasteiger partial charge in [-0.15, -0.1) is 0 Å². The molecule has 2 aromatic carbocycles. The Bertz CT molecular complexity index is 1040. The number of imidazole rings is 1. The summed E-state index contributed by atoms with van der Waals surface area (Å²) in [5.74, 6) is 0.665. The van der Waals surface area contributed by atoms with E-state index in [9.17, 15) is 5.11 Å². The normalized spacial score (nSPS) is 13.5. The van der Waals surface area contributed by atoms with Gasteiger partial charge in [-0.05, 0) is 69.2 Å². The van der Waals surface area contributed by atoms with Gasteiger partial charge in [-0.1, -0.05) is 54.6 Å². The molecule has 0 aliphatic heterocycles. The molecular formula is C23H25Cl3N2O. The smallest absolute Gasteiger partial charge is 0.146 e. The number of hydrogen-bond acceptors (Lipinski definition) is 2. The lowest BCUT2D eigenvalue weighted by atomic mass is 9.94. The minimum absolute atomic E-state index is 0.509. The highest BCUT2D eigenvalue weighted by atomic mass is 35.5. The molecule has 0 bridgehead atoms. The van der Waals surface area contributed by atoms with Crippen LogP contribution in [0.3, 0.4) is 0 Å². The van der Waals surface area contributed by atoms with Crippen LogP contribution in [-0.2, 0) is 5.60 Å². The van der Waals surface area contributed by atoms with E-state index in [1.807, 2.05) is 49.6 Å². The molecule has 154 valence electrons. The molecule has 0 saturated carbocycles. The third-order valence-corrected chi connectivity index (χ3v) is 6.18. The summed E-state index contributed by atoms with van der Waals surface area (Å²) in [7, 11) is 0. The van der Waals surface area contributed by atoms with E-state index < -0.39 is 5.60 Å². The zero-order chi connectivity index (χ0) is 21.3. The van der Waals surface area contributed by atoms with Gasteiger partial charge in [0.2, 0.25) is 0 Å². The van der Waals surface area contributed by atoms with Crippen LogP contribution in [0.15, 0.2) is 36.4 Å². The van der Waals surface area contributed by atoms with Gasteiger partial charge in [0.1, 0.15) is 11.4 Å². The van der Waals surface area contributed by atoms with E-state index in [0.717, 1.165) is 35.3 Å². The van der Waals surface area contributed by atoms with Crippen LogP contribution >= 0.6 is 34.8 Å². The maximum absolute atomic E-state index is 11.2. The highest BCUT2D eigenvalue weighted by molar-refractivity contribution is 6.36. The Balaban J connectivity index is 2.28. The van der Waals surface area contributed by atoms with E-state index in [1.165, 1.54) is 0 Å². The first-order valence-electron chi connectivity index (χ1n) is 9.70. The van der Waals surface area contributed by atoms with E-state index in [1.54, 1.807) is 12.1 Å². The maximum Gasteiger partial charge on any atom is 0.146 e. The number of nitrogens with zero attached hydrogens (tertiary/aromatic N) is 2. The number of halogens is 3. The van der Waals surface area contributed by atoms with Gasteiger partial charge in [0.25, 0.3) is 0 Å². The van der Waals surface area contributed by atoms with Gasteiger partial charge in [-0.3, -0.25) is 4.57 Å². The van der Waals surface area contributed by atoms with Crippen molar-refractivity contribution in [2.45, 2.75) is 52.6 Å². The fourth-order valence-electron chi connectivity index (χ4n) is 3.59. The van der Waals surface area contributed by atoms with Gasteiger partial charge >= 0.3 is 0 Å². The molecular weight excluding hydrogens is 427 g/mol. The first-order chi connectivity index (χ1) is 13.7. The van der Waals surface area contributed by atoms with Crippen molar-refractivity contribution in [2.24, 2.45) is 0 Å². The summed E-state index contributed by atoms with van der Waals surface area (Å²) in [4.78, 5) is 4.88. The highest BCUT2D eigenvalue weighted by Crippen LogP contribution is 2.37. The van der Waals surface area contributed by atoms with Crippen molar-refractivity contribution in [3.05, 3.63) is 68.4 Å². The molecule has 0 radical (unpaired) electrons. The van der Waals surface area contributed by atoms with Crippen molar-refractivity contribution in [3.8, 4) is 17.1 Å². The lowest BCUT2D eigenvalue weighted by Crippen LogP contribution is -2.23. The van der Waals surface area contributed by atoms with Gasteiger partial charge in [0.15, 0.2) is 0 Å². The molecule has 29 heavy (non-hydrogen) atoms. The van der Waals surface area contributed by atoms with Gasteiger partial charge in [-0.25, -0.2) is 4.98 Å². The Labute approximate surface area is 187 Å². The van der Waals surface area contributed by atoms with E-state index in [0.29, 0.717) is 33.0 Å². The number of hydrogen-bond donors (Lipinski definition) is 1. The lowest BCUT2D eigenvalue weighted by molar-refractivity contribution is 0.0406. The van der Waals surface area contributed by atoms with Gasteiger partial charge in [0, 0.05) is 27.0 Å². The molecule has 6 heteroatoms. The van der Waals surface area contributed by atoms with Crippen molar-refractivity contribution in [2.75, 3.05) is 0 Å². The topological polar surface area (TPSA) is 38.1 Å². The summed E-state index contributed by atoms with van der Waals surface area (Å²) in [6.07, 6.45) is 2.55. The molecule has 0 spiro atoms. The molecule has 0 fully saturated rings. The first-order valence-corrected chi connectivity index (χ1v) is 10.8. The summed E-state index contributed by atoms with van der Waals surface area (Å²) >= 11 is 18.9. The first kappa shape index (κ1) is 22.2. The average molecular weight is 452 g/mol. The molecule has 0 aliphatic carbocycles. The second-order valence-corrected chi connectivity index (χ2v) is 8.89. The molecule has 0 aliphatic rings.